The average Bonchev–Trinajstić information content (AvgIpc) is 2.92. The van der Waals surface area contributed by atoms with Crippen molar-refractivity contribution in [1.82, 2.24) is 15.1 Å². The van der Waals surface area contributed by atoms with Crippen molar-refractivity contribution < 1.29 is 9.53 Å². The van der Waals surface area contributed by atoms with Gasteiger partial charge in [-0.3, -0.25) is 9.59 Å². The Hall–Kier alpha value is -1.69. The predicted octanol–water partition coefficient (Wildman–Crippen LogP) is 0.978. The van der Waals surface area contributed by atoms with Gasteiger partial charge in [-0.25, -0.2) is 4.68 Å². The fourth-order valence-electron chi connectivity index (χ4n) is 3.71. The number of hydrogen-bond acceptors (Lipinski definition) is 4. The molecule has 1 aromatic rings. The first kappa shape index (κ1) is 14.9. The van der Waals surface area contributed by atoms with Gasteiger partial charge in [-0.2, -0.15) is 5.10 Å². The lowest BCUT2D eigenvalue weighted by molar-refractivity contribution is -0.128. The maximum absolute atomic E-state index is 12.4. The normalized spacial score (nSPS) is 27.3. The van der Waals surface area contributed by atoms with Crippen molar-refractivity contribution in [3.05, 3.63) is 27.7 Å². The number of hydrogen-bond donors (Lipinski definition) is 1. The van der Waals surface area contributed by atoms with E-state index in [0.717, 1.165) is 56.2 Å². The molecule has 2 unspecified atom stereocenters. The van der Waals surface area contributed by atoms with E-state index in [9.17, 15) is 9.59 Å². The van der Waals surface area contributed by atoms with Crippen LogP contribution in [0.2, 0.25) is 0 Å². The van der Waals surface area contributed by atoms with Crippen molar-refractivity contribution in [2.45, 2.75) is 57.0 Å². The molecule has 1 aromatic heterocycles. The number of fused-ring (bicyclic) bond motifs is 1. The number of nitrogens with one attached hydrogen (secondary N) is 1. The van der Waals surface area contributed by atoms with Crippen molar-refractivity contribution in [2.75, 3.05) is 13.2 Å². The lowest BCUT2D eigenvalue weighted by atomic mass is 9.84. The largest absolute Gasteiger partial charge is 0.377 e. The summed E-state index contributed by atoms with van der Waals surface area (Å²) in [5, 5.41) is 7.68. The Balaban J connectivity index is 1.56. The summed E-state index contributed by atoms with van der Waals surface area (Å²) in [6, 6.07) is 1.37. The van der Waals surface area contributed by atoms with Crippen LogP contribution in [0.3, 0.4) is 0 Å². The third kappa shape index (κ3) is 2.80. The Labute approximate surface area is 135 Å². The number of amides is 1. The van der Waals surface area contributed by atoms with E-state index in [2.05, 4.69) is 10.4 Å². The molecule has 2 aliphatic carbocycles. The zero-order valence-corrected chi connectivity index (χ0v) is 13.3. The maximum atomic E-state index is 12.4. The van der Waals surface area contributed by atoms with E-state index >= 15 is 0 Å². The number of rotatable bonds is 3. The quantitative estimate of drug-likeness (QED) is 0.902. The first-order valence-electron chi connectivity index (χ1n) is 8.72. The number of ether oxygens (including phenoxy) is 1. The van der Waals surface area contributed by atoms with Crippen LogP contribution in [0.1, 0.15) is 49.4 Å². The molecule has 2 atom stereocenters. The summed E-state index contributed by atoms with van der Waals surface area (Å²) in [6.45, 7) is 0.885. The smallest absolute Gasteiger partial charge is 0.267 e. The van der Waals surface area contributed by atoms with Crippen molar-refractivity contribution in [3.8, 4) is 0 Å². The highest BCUT2D eigenvalue weighted by molar-refractivity contribution is 5.79. The molecule has 1 saturated carbocycles. The van der Waals surface area contributed by atoms with Crippen LogP contribution in [0.15, 0.2) is 10.9 Å². The Bertz CT molecular complexity index is 666. The summed E-state index contributed by atoms with van der Waals surface area (Å²) >= 11 is 0. The molecule has 2 heterocycles. The molecule has 2 fully saturated rings. The molecule has 3 aliphatic rings. The predicted molar refractivity (Wildman–Crippen MR) is 84.3 cm³/mol. The van der Waals surface area contributed by atoms with Crippen molar-refractivity contribution in [1.29, 1.82) is 0 Å². The van der Waals surface area contributed by atoms with Crippen LogP contribution < -0.4 is 10.9 Å². The first-order valence-corrected chi connectivity index (χ1v) is 8.72. The van der Waals surface area contributed by atoms with E-state index in [-0.39, 0.29) is 29.5 Å². The standard InChI is InChI=1S/C17H23N3O3/c21-16-8-12-4-1-2-7-13(12)19-20(16)15-10-23-9-14(15)18-17(22)11-5-3-6-11/h8,11,14-15H,1-7,9-10H2,(H,18,22). The van der Waals surface area contributed by atoms with Crippen LogP contribution in [-0.2, 0) is 22.4 Å². The highest BCUT2D eigenvalue weighted by Gasteiger charge is 2.35. The van der Waals surface area contributed by atoms with E-state index in [1.54, 1.807) is 10.7 Å². The Morgan fingerprint density at radius 3 is 2.83 bits per heavy atom. The van der Waals surface area contributed by atoms with Gasteiger partial charge in [-0.05, 0) is 44.1 Å². The second-order valence-electron chi connectivity index (χ2n) is 6.95. The SMILES string of the molecule is O=C(NC1COCC1n1nc2c(cc1=O)CCCC2)C1CCC1. The molecule has 4 rings (SSSR count). The lowest BCUT2D eigenvalue weighted by Crippen LogP contribution is -2.47. The minimum absolute atomic E-state index is 0.0796. The minimum Gasteiger partial charge on any atom is -0.377 e. The van der Waals surface area contributed by atoms with Gasteiger partial charge in [0.1, 0.15) is 6.04 Å². The Morgan fingerprint density at radius 2 is 2.04 bits per heavy atom. The number of aromatic nitrogens is 2. The molecule has 1 amide bonds. The lowest BCUT2D eigenvalue weighted by Gasteiger charge is -2.28. The van der Waals surface area contributed by atoms with Gasteiger partial charge in [0.25, 0.3) is 5.56 Å². The van der Waals surface area contributed by atoms with Gasteiger partial charge >= 0.3 is 0 Å². The van der Waals surface area contributed by atoms with Crippen LogP contribution in [0.4, 0.5) is 0 Å². The molecule has 23 heavy (non-hydrogen) atoms. The van der Waals surface area contributed by atoms with Gasteiger partial charge in [0.05, 0.1) is 24.9 Å². The second kappa shape index (κ2) is 6.07. The van der Waals surface area contributed by atoms with Crippen molar-refractivity contribution in [2.24, 2.45) is 5.92 Å². The zero-order chi connectivity index (χ0) is 15.8. The zero-order valence-electron chi connectivity index (χ0n) is 13.3. The molecule has 1 N–H and O–H groups in total. The molecule has 1 aliphatic heterocycles. The van der Waals surface area contributed by atoms with Crippen LogP contribution in [0.5, 0.6) is 0 Å². The van der Waals surface area contributed by atoms with Gasteiger partial charge in [0.2, 0.25) is 5.91 Å². The summed E-state index contributed by atoms with van der Waals surface area (Å²) in [7, 11) is 0. The highest BCUT2D eigenvalue weighted by atomic mass is 16.5. The van der Waals surface area contributed by atoms with Crippen molar-refractivity contribution >= 4 is 5.91 Å². The fourth-order valence-corrected chi connectivity index (χ4v) is 3.71. The molecular formula is C17H23N3O3. The van der Waals surface area contributed by atoms with Crippen LogP contribution in [0.25, 0.3) is 0 Å². The molecule has 124 valence electrons. The number of carbonyl (C=O) groups excluding carboxylic acids is 1. The molecule has 0 spiro atoms. The van der Waals surface area contributed by atoms with Gasteiger partial charge in [0.15, 0.2) is 0 Å². The summed E-state index contributed by atoms with van der Waals surface area (Å²) in [5.74, 6) is 0.243. The molecule has 0 bridgehead atoms. The average molecular weight is 317 g/mol. The van der Waals surface area contributed by atoms with Crippen molar-refractivity contribution in [3.63, 3.8) is 0 Å². The fraction of sp³-hybridized carbons (Fsp3) is 0.706. The van der Waals surface area contributed by atoms with E-state index in [0.29, 0.717) is 13.2 Å². The Morgan fingerprint density at radius 1 is 1.22 bits per heavy atom. The van der Waals surface area contributed by atoms with Gasteiger partial charge in [0, 0.05) is 12.0 Å². The minimum atomic E-state index is -0.196. The topological polar surface area (TPSA) is 73.2 Å². The third-order valence-electron chi connectivity index (χ3n) is 5.40. The molecule has 0 radical (unpaired) electrons. The van der Waals surface area contributed by atoms with Crippen LogP contribution in [-0.4, -0.2) is 34.9 Å². The molecular weight excluding hydrogens is 294 g/mol. The second-order valence-corrected chi connectivity index (χ2v) is 6.95. The van der Waals surface area contributed by atoms with E-state index in [1.807, 2.05) is 0 Å². The molecule has 6 nitrogen and oxygen atoms in total. The molecule has 1 saturated heterocycles. The van der Waals surface area contributed by atoms with Gasteiger partial charge in [-0.15, -0.1) is 0 Å². The maximum Gasteiger partial charge on any atom is 0.267 e. The third-order valence-corrected chi connectivity index (χ3v) is 5.40. The summed E-state index contributed by atoms with van der Waals surface area (Å²) in [6.07, 6.45) is 7.21. The number of carbonyl (C=O) groups is 1. The van der Waals surface area contributed by atoms with E-state index in [4.69, 9.17) is 4.74 Å². The van der Waals surface area contributed by atoms with Crippen LogP contribution in [0, 0.1) is 5.92 Å². The summed E-state index contributed by atoms with van der Waals surface area (Å²) in [5.41, 5.74) is 2.04. The van der Waals surface area contributed by atoms with E-state index < -0.39 is 0 Å². The molecule has 6 heteroatoms. The molecule has 0 aromatic carbocycles. The first-order chi connectivity index (χ1) is 11.2. The van der Waals surface area contributed by atoms with Gasteiger partial charge in [-0.1, -0.05) is 6.42 Å². The van der Waals surface area contributed by atoms with E-state index in [1.165, 1.54) is 0 Å². The number of aryl methyl sites for hydroxylation is 2. The Kier molecular flexibility index (Phi) is 3.93. The van der Waals surface area contributed by atoms with Crippen LogP contribution >= 0.6 is 0 Å². The monoisotopic (exact) mass is 317 g/mol. The van der Waals surface area contributed by atoms with Gasteiger partial charge < -0.3 is 10.1 Å². The summed E-state index contributed by atoms with van der Waals surface area (Å²) < 4.78 is 7.09. The summed E-state index contributed by atoms with van der Waals surface area (Å²) in [4.78, 5) is 24.6. The highest BCUT2D eigenvalue weighted by Crippen LogP contribution is 2.27. The number of nitrogens with zero attached hydrogens (tertiary/aromatic N) is 2.